The number of likely N-dealkylation sites (tertiary alicyclic amines) is 1. The molecule has 1 aliphatic heterocycles. The molecular weight excluding hydrogens is 366 g/mol. The van der Waals surface area contributed by atoms with Gasteiger partial charge in [-0.1, -0.05) is 84.5 Å². The van der Waals surface area contributed by atoms with E-state index in [4.69, 9.17) is 0 Å². The zero-order chi connectivity index (χ0) is 20.9. The Morgan fingerprint density at radius 2 is 1.57 bits per heavy atom. The first kappa shape index (κ1) is 20.4. The Kier molecular flexibility index (Phi) is 6.32. The van der Waals surface area contributed by atoms with Crippen LogP contribution in [-0.4, -0.2) is 23.9 Å². The first-order chi connectivity index (χ1) is 14.6. The number of carbonyl (C=O) groups is 1. The predicted octanol–water partition coefficient (Wildman–Crippen LogP) is 6.49. The molecule has 4 rings (SSSR count). The molecule has 2 aromatic rings. The summed E-state index contributed by atoms with van der Waals surface area (Å²) in [6.07, 6.45) is 11.1. The second-order valence-electron chi connectivity index (χ2n) is 8.55. The molecule has 1 fully saturated rings. The van der Waals surface area contributed by atoms with Crippen LogP contribution in [0.25, 0.3) is 5.57 Å². The zero-order valence-corrected chi connectivity index (χ0v) is 18.1. The minimum Gasteiger partial charge on any atom is -0.343 e. The SMILES string of the molecule is C\C1=C/C=C\C=C(/C)C(CC(=O)N2CCC(c3ccccc3)CC2)c2ccccc21. The lowest BCUT2D eigenvalue weighted by molar-refractivity contribution is -0.132. The highest BCUT2D eigenvalue weighted by atomic mass is 16.2. The highest BCUT2D eigenvalue weighted by Crippen LogP contribution is 2.35. The lowest BCUT2D eigenvalue weighted by atomic mass is 9.83. The lowest BCUT2D eigenvalue weighted by Gasteiger charge is -2.33. The van der Waals surface area contributed by atoms with Crippen molar-refractivity contribution in [2.75, 3.05) is 13.1 Å². The maximum Gasteiger partial charge on any atom is 0.223 e. The Hall–Kier alpha value is -2.87. The number of piperidine rings is 1. The molecule has 0 N–H and O–H groups in total. The first-order valence-corrected chi connectivity index (χ1v) is 11.1. The molecule has 0 bridgehead atoms. The Morgan fingerprint density at radius 3 is 2.33 bits per heavy atom. The minimum absolute atomic E-state index is 0.117. The number of amides is 1. The highest BCUT2D eigenvalue weighted by Gasteiger charge is 2.27. The van der Waals surface area contributed by atoms with Crippen LogP contribution in [0.15, 0.2) is 84.5 Å². The van der Waals surface area contributed by atoms with Gasteiger partial charge in [0.2, 0.25) is 5.91 Å². The first-order valence-electron chi connectivity index (χ1n) is 11.1. The third-order valence-electron chi connectivity index (χ3n) is 6.62. The van der Waals surface area contributed by atoms with Crippen molar-refractivity contribution in [1.29, 1.82) is 0 Å². The molecule has 30 heavy (non-hydrogen) atoms. The van der Waals surface area contributed by atoms with E-state index in [1.165, 1.54) is 27.8 Å². The number of hydrogen-bond donors (Lipinski definition) is 0. The summed E-state index contributed by atoms with van der Waals surface area (Å²) in [6, 6.07) is 19.3. The highest BCUT2D eigenvalue weighted by molar-refractivity contribution is 5.79. The van der Waals surface area contributed by atoms with Crippen molar-refractivity contribution < 1.29 is 4.79 Å². The molecule has 0 aromatic heterocycles. The topological polar surface area (TPSA) is 20.3 Å². The Labute approximate surface area is 180 Å². The van der Waals surface area contributed by atoms with Crippen LogP contribution in [0, 0.1) is 0 Å². The van der Waals surface area contributed by atoms with Crippen molar-refractivity contribution >= 4 is 11.5 Å². The maximum atomic E-state index is 13.3. The molecule has 1 amide bonds. The van der Waals surface area contributed by atoms with Crippen LogP contribution in [0.5, 0.6) is 0 Å². The molecule has 1 atom stereocenters. The summed E-state index contributed by atoms with van der Waals surface area (Å²) in [4.78, 5) is 15.4. The molecule has 2 heteroatoms. The van der Waals surface area contributed by atoms with Gasteiger partial charge < -0.3 is 4.90 Å². The van der Waals surface area contributed by atoms with Crippen molar-refractivity contribution in [2.24, 2.45) is 0 Å². The van der Waals surface area contributed by atoms with E-state index in [9.17, 15) is 4.79 Å². The van der Waals surface area contributed by atoms with Gasteiger partial charge in [0.1, 0.15) is 0 Å². The third kappa shape index (κ3) is 4.48. The van der Waals surface area contributed by atoms with Gasteiger partial charge in [0.25, 0.3) is 0 Å². The van der Waals surface area contributed by atoms with Crippen molar-refractivity contribution in [2.45, 2.75) is 44.9 Å². The van der Waals surface area contributed by atoms with Crippen molar-refractivity contribution in [3.63, 3.8) is 0 Å². The molecule has 0 radical (unpaired) electrons. The second-order valence-corrected chi connectivity index (χ2v) is 8.55. The summed E-state index contributed by atoms with van der Waals surface area (Å²) >= 11 is 0. The molecule has 2 aliphatic rings. The van der Waals surface area contributed by atoms with Crippen LogP contribution in [0.3, 0.4) is 0 Å². The normalized spacial score (nSPS) is 24.3. The van der Waals surface area contributed by atoms with Gasteiger partial charge in [-0.25, -0.2) is 0 Å². The summed E-state index contributed by atoms with van der Waals surface area (Å²) in [5.74, 6) is 0.964. The summed E-state index contributed by atoms with van der Waals surface area (Å²) < 4.78 is 0. The number of rotatable bonds is 3. The van der Waals surface area contributed by atoms with Crippen LogP contribution in [0.2, 0.25) is 0 Å². The average Bonchev–Trinajstić information content (AvgIpc) is 2.85. The van der Waals surface area contributed by atoms with Gasteiger partial charge >= 0.3 is 0 Å². The van der Waals surface area contributed by atoms with Crippen molar-refractivity contribution in [3.05, 3.63) is 101 Å². The number of nitrogens with zero attached hydrogens (tertiary/aromatic N) is 1. The van der Waals surface area contributed by atoms with E-state index in [2.05, 4.69) is 97.6 Å². The number of hydrogen-bond acceptors (Lipinski definition) is 1. The summed E-state index contributed by atoms with van der Waals surface area (Å²) in [7, 11) is 0. The molecule has 1 saturated heterocycles. The van der Waals surface area contributed by atoms with Gasteiger partial charge in [0, 0.05) is 25.4 Å². The van der Waals surface area contributed by atoms with Crippen LogP contribution in [0.4, 0.5) is 0 Å². The minimum atomic E-state index is 0.117. The van der Waals surface area contributed by atoms with Crippen LogP contribution < -0.4 is 0 Å². The molecule has 1 heterocycles. The monoisotopic (exact) mass is 397 g/mol. The number of allylic oxidation sites excluding steroid dienone is 6. The predicted molar refractivity (Wildman–Crippen MR) is 125 cm³/mol. The van der Waals surface area contributed by atoms with Gasteiger partial charge in [-0.05, 0) is 54.9 Å². The smallest absolute Gasteiger partial charge is 0.223 e. The Balaban J connectivity index is 1.50. The van der Waals surface area contributed by atoms with E-state index in [0.717, 1.165) is 25.9 Å². The lowest BCUT2D eigenvalue weighted by Crippen LogP contribution is -2.38. The average molecular weight is 398 g/mol. The Morgan fingerprint density at radius 1 is 0.900 bits per heavy atom. The van der Waals surface area contributed by atoms with Gasteiger partial charge in [0.15, 0.2) is 0 Å². The number of benzene rings is 2. The van der Waals surface area contributed by atoms with E-state index in [1.54, 1.807) is 0 Å². The van der Waals surface area contributed by atoms with E-state index < -0.39 is 0 Å². The van der Waals surface area contributed by atoms with Gasteiger partial charge in [-0.3, -0.25) is 4.79 Å². The van der Waals surface area contributed by atoms with Crippen molar-refractivity contribution in [1.82, 2.24) is 4.90 Å². The zero-order valence-electron chi connectivity index (χ0n) is 18.1. The van der Waals surface area contributed by atoms with E-state index in [0.29, 0.717) is 12.3 Å². The van der Waals surface area contributed by atoms with Gasteiger partial charge in [-0.15, -0.1) is 0 Å². The fourth-order valence-electron chi connectivity index (χ4n) is 4.78. The summed E-state index contributed by atoms with van der Waals surface area (Å²) in [6.45, 7) is 6.02. The van der Waals surface area contributed by atoms with E-state index in [1.807, 2.05) is 0 Å². The van der Waals surface area contributed by atoms with Crippen LogP contribution >= 0.6 is 0 Å². The van der Waals surface area contributed by atoms with E-state index >= 15 is 0 Å². The molecule has 2 aromatic carbocycles. The van der Waals surface area contributed by atoms with Crippen LogP contribution in [-0.2, 0) is 4.79 Å². The molecule has 0 saturated carbocycles. The largest absolute Gasteiger partial charge is 0.343 e. The van der Waals surface area contributed by atoms with Crippen molar-refractivity contribution in [3.8, 4) is 0 Å². The second kappa shape index (κ2) is 9.30. The van der Waals surface area contributed by atoms with Gasteiger partial charge in [0.05, 0.1) is 0 Å². The number of fused-ring (bicyclic) bond motifs is 1. The molecule has 1 unspecified atom stereocenters. The molecule has 2 nitrogen and oxygen atoms in total. The maximum absolute atomic E-state index is 13.3. The fourth-order valence-corrected chi connectivity index (χ4v) is 4.78. The Bertz CT molecular complexity index is 975. The van der Waals surface area contributed by atoms with Crippen LogP contribution in [0.1, 0.15) is 61.6 Å². The summed E-state index contributed by atoms with van der Waals surface area (Å²) in [5.41, 5.74) is 6.40. The molecule has 0 spiro atoms. The molecule has 154 valence electrons. The number of carbonyl (C=O) groups excluding carboxylic acids is 1. The fraction of sp³-hybridized carbons (Fsp3) is 0.321. The third-order valence-corrected chi connectivity index (χ3v) is 6.62. The molecule has 1 aliphatic carbocycles. The van der Waals surface area contributed by atoms with E-state index in [-0.39, 0.29) is 11.8 Å². The molecular formula is C28H31NO. The van der Waals surface area contributed by atoms with Gasteiger partial charge in [-0.2, -0.15) is 0 Å². The summed E-state index contributed by atoms with van der Waals surface area (Å²) in [5, 5.41) is 0. The standard InChI is InChI=1S/C28H31NO/c1-21-10-6-7-11-22(2)27(26-15-9-8-14-25(21)26)20-28(30)29-18-16-24(17-19-29)23-12-4-3-5-13-23/h3-15,24,27H,16-20H2,1-2H3/b7-6-,21-10+,22-11+. The quantitative estimate of drug-likeness (QED) is 0.580.